The van der Waals surface area contributed by atoms with Gasteiger partial charge in [0.25, 0.3) is 0 Å². The molecule has 158 valence electrons. The number of benzene rings is 1. The lowest BCUT2D eigenvalue weighted by Gasteiger charge is -2.44. The summed E-state index contributed by atoms with van der Waals surface area (Å²) in [5, 5.41) is 34.3. The van der Waals surface area contributed by atoms with E-state index in [1.807, 2.05) is 6.07 Å². The van der Waals surface area contributed by atoms with Crippen LogP contribution in [0.4, 0.5) is 16.2 Å². The first-order valence-electron chi connectivity index (χ1n) is 9.54. The first-order chi connectivity index (χ1) is 14.8. The van der Waals surface area contributed by atoms with Crippen molar-refractivity contribution in [3.05, 3.63) is 53.5 Å². The van der Waals surface area contributed by atoms with Crippen molar-refractivity contribution in [2.75, 3.05) is 10.6 Å². The predicted molar refractivity (Wildman–Crippen MR) is 110 cm³/mol. The summed E-state index contributed by atoms with van der Waals surface area (Å²) in [7, 11) is 0. The number of rotatable bonds is 5. The van der Waals surface area contributed by atoms with Gasteiger partial charge >= 0.3 is 12.0 Å². The number of aromatic amines is 1. The number of carboxylic acid groups (broad SMARTS) is 1. The van der Waals surface area contributed by atoms with Gasteiger partial charge in [-0.05, 0) is 42.7 Å². The van der Waals surface area contributed by atoms with Crippen LogP contribution in [0.3, 0.4) is 0 Å². The zero-order chi connectivity index (χ0) is 22.3. The molecule has 1 saturated heterocycles. The molecule has 2 aliphatic rings. The average molecular weight is 421 g/mol. The van der Waals surface area contributed by atoms with E-state index in [1.54, 1.807) is 24.5 Å². The molecule has 1 aromatic carbocycles. The van der Waals surface area contributed by atoms with Crippen LogP contribution in [0.25, 0.3) is 5.57 Å². The summed E-state index contributed by atoms with van der Waals surface area (Å²) in [6.07, 6.45) is 2.62. The summed E-state index contributed by atoms with van der Waals surface area (Å²) in [5.74, 6) is -2.32. The molecule has 2 aromatic rings. The van der Waals surface area contributed by atoms with Crippen LogP contribution in [0, 0.1) is 17.2 Å². The van der Waals surface area contributed by atoms with Gasteiger partial charge in [0.1, 0.15) is 11.8 Å². The first-order valence-corrected chi connectivity index (χ1v) is 9.54. The van der Waals surface area contributed by atoms with Gasteiger partial charge in [-0.1, -0.05) is 6.07 Å². The number of aliphatic hydroxyl groups excluding tert-OH is 1. The number of carbonyl (C=O) groups is 3. The maximum atomic E-state index is 12.4. The number of hydrogen-bond acceptors (Lipinski definition) is 5. The second-order valence-corrected chi connectivity index (χ2v) is 7.43. The summed E-state index contributed by atoms with van der Waals surface area (Å²) in [4.78, 5) is 40.4. The second-order valence-electron chi connectivity index (χ2n) is 7.43. The van der Waals surface area contributed by atoms with E-state index in [0.717, 1.165) is 0 Å². The minimum absolute atomic E-state index is 0.137. The maximum Gasteiger partial charge on any atom is 0.352 e. The SMILES string of the molecule is C[C@@H](O)[C@H]1C(=O)N2C(C(=O)O)=C(c3ccc(NC(=O)Nc4cc[nH]c4)c(C#N)c3)C[C@H]12. The Morgan fingerprint density at radius 3 is 2.71 bits per heavy atom. The van der Waals surface area contributed by atoms with Gasteiger partial charge in [0.05, 0.1) is 35.0 Å². The second kappa shape index (κ2) is 7.62. The zero-order valence-corrected chi connectivity index (χ0v) is 16.4. The van der Waals surface area contributed by atoms with Crippen molar-refractivity contribution in [1.82, 2.24) is 9.88 Å². The molecule has 0 saturated carbocycles. The third-order valence-electron chi connectivity index (χ3n) is 5.52. The molecule has 3 heterocycles. The van der Waals surface area contributed by atoms with Gasteiger partial charge in [0.15, 0.2) is 0 Å². The van der Waals surface area contributed by atoms with Crippen LogP contribution in [0.15, 0.2) is 42.4 Å². The van der Waals surface area contributed by atoms with Crippen molar-refractivity contribution < 1.29 is 24.6 Å². The lowest BCUT2D eigenvalue weighted by atomic mass is 9.82. The quantitative estimate of drug-likeness (QED) is 0.464. The minimum atomic E-state index is -1.25. The molecule has 0 bridgehead atoms. The van der Waals surface area contributed by atoms with Crippen LogP contribution in [0.5, 0.6) is 0 Å². The number of H-pyrrole nitrogens is 1. The Morgan fingerprint density at radius 2 is 2.10 bits per heavy atom. The number of hydrogen-bond donors (Lipinski definition) is 5. The number of fused-ring (bicyclic) bond motifs is 1. The molecule has 10 nitrogen and oxygen atoms in total. The van der Waals surface area contributed by atoms with Crippen molar-refractivity contribution in [1.29, 1.82) is 5.26 Å². The fourth-order valence-corrected chi connectivity index (χ4v) is 4.15. The van der Waals surface area contributed by atoms with Gasteiger partial charge in [-0.15, -0.1) is 0 Å². The van der Waals surface area contributed by atoms with E-state index in [0.29, 0.717) is 16.8 Å². The molecule has 0 aliphatic carbocycles. The third-order valence-corrected chi connectivity index (χ3v) is 5.52. The fraction of sp³-hybridized carbons (Fsp3) is 0.238. The molecule has 0 spiro atoms. The van der Waals surface area contributed by atoms with Gasteiger partial charge in [-0.3, -0.25) is 4.79 Å². The summed E-state index contributed by atoms with van der Waals surface area (Å²) in [5.41, 5.74) is 1.70. The third kappa shape index (κ3) is 3.41. The van der Waals surface area contributed by atoms with E-state index >= 15 is 0 Å². The molecule has 10 heteroatoms. The monoisotopic (exact) mass is 421 g/mol. The molecule has 31 heavy (non-hydrogen) atoms. The van der Waals surface area contributed by atoms with E-state index in [-0.39, 0.29) is 23.4 Å². The number of nitrogens with zero attached hydrogens (tertiary/aromatic N) is 2. The van der Waals surface area contributed by atoms with Gasteiger partial charge in [-0.2, -0.15) is 5.26 Å². The lowest BCUT2D eigenvalue weighted by molar-refractivity contribution is -0.161. The van der Waals surface area contributed by atoms with Crippen molar-refractivity contribution in [2.45, 2.75) is 25.5 Å². The van der Waals surface area contributed by atoms with Crippen molar-refractivity contribution in [2.24, 2.45) is 5.92 Å². The zero-order valence-electron chi connectivity index (χ0n) is 16.4. The van der Waals surface area contributed by atoms with Gasteiger partial charge < -0.3 is 30.7 Å². The molecule has 0 unspecified atom stereocenters. The molecular weight excluding hydrogens is 402 g/mol. The molecule has 3 atom stereocenters. The summed E-state index contributed by atoms with van der Waals surface area (Å²) in [6.45, 7) is 1.51. The molecule has 4 rings (SSSR count). The average Bonchev–Trinajstić information content (AvgIpc) is 3.33. The topological polar surface area (TPSA) is 159 Å². The highest BCUT2D eigenvalue weighted by Crippen LogP contribution is 2.47. The number of β-lactam (4-membered cyclic amide) rings is 1. The number of nitrogens with one attached hydrogen (secondary N) is 3. The van der Waals surface area contributed by atoms with E-state index in [2.05, 4.69) is 15.6 Å². The fourth-order valence-electron chi connectivity index (χ4n) is 4.15. The smallest absolute Gasteiger partial charge is 0.352 e. The van der Waals surface area contributed by atoms with Gasteiger partial charge in [-0.25, -0.2) is 9.59 Å². The van der Waals surface area contributed by atoms with E-state index in [1.165, 1.54) is 24.0 Å². The van der Waals surface area contributed by atoms with E-state index in [9.17, 15) is 29.9 Å². The molecule has 5 N–H and O–H groups in total. The molecule has 2 aliphatic heterocycles. The Bertz CT molecular complexity index is 1150. The van der Waals surface area contributed by atoms with Crippen molar-refractivity contribution in [3.8, 4) is 6.07 Å². The van der Waals surface area contributed by atoms with E-state index < -0.39 is 36.0 Å². The predicted octanol–water partition coefficient (Wildman–Crippen LogP) is 1.94. The van der Waals surface area contributed by atoms with Crippen LogP contribution in [-0.2, 0) is 9.59 Å². The Balaban J connectivity index is 1.62. The van der Waals surface area contributed by atoms with E-state index in [4.69, 9.17) is 0 Å². The molecule has 3 amide bonds. The van der Waals surface area contributed by atoms with Gasteiger partial charge in [0, 0.05) is 12.4 Å². The highest BCUT2D eigenvalue weighted by Gasteiger charge is 2.56. The maximum absolute atomic E-state index is 12.4. The number of carboxylic acids is 1. The normalized spacial score (nSPS) is 20.5. The molecule has 1 aromatic heterocycles. The Kier molecular flexibility index (Phi) is 4.96. The number of anilines is 2. The summed E-state index contributed by atoms with van der Waals surface area (Å²) < 4.78 is 0. The molecular formula is C21H19N5O5. The Hall–Kier alpha value is -4.10. The molecule has 1 fully saturated rings. The lowest BCUT2D eigenvalue weighted by Crippen LogP contribution is -2.61. The number of aliphatic hydroxyl groups is 1. The number of aromatic nitrogens is 1. The largest absolute Gasteiger partial charge is 0.477 e. The highest BCUT2D eigenvalue weighted by molar-refractivity contribution is 6.06. The van der Waals surface area contributed by atoms with Crippen molar-refractivity contribution in [3.63, 3.8) is 0 Å². The van der Waals surface area contributed by atoms with Crippen molar-refractivity contribution >= 4 is 34.9 Å². The number of carbonyl (C=O) groups excluding carboxylic acids is 2. The van der Waals surface area contributed by atoms with Gasteiger partial charge in [0.2, 0.25) is 5.91 Å². The highest BCUT2D eigenvalue weighted by atomic mass is 16.4. The van der Waals surface area contributed by atoms with Crippen LogP contribution < -0.4 is 10.6 Å². The number of nitriles is 1. The number of aliphatic carboxylic acids is 1. The van der Waals surface area contributed by atoms with Crippen LogP contribution in [-0.4, -0.2) is 50.2 Å². The Labute approximate surface area is 176 Å². The van der Waals surface area contributed by atoms with Crippen LogP contribution in [0.1, 0.15) is 24.5 Å². The number of amides is 3. The minimum Gasteiger partial charge on any atom is -0.477 e. The van der Waals surface area contributed by atoms with Crippen LogP contribution in [0.2, 0.25) is 0 Å². The molecule has 0 radical (unpaired) electrons. The van der Waals surface area contributed by atoms with Crippen LogP contribution >= 0.6 is 0 Å². The summed E-state index contributed by atoms with van der Waals surface area (Å²) >= 11 is 0. The Morgan fingerprint density at radius 1 is 1.32 bits per heavy atom. The number of urea groups is 1. The summed E-state index contributed by atoms with van der Waals surface area (Å²) in [6, 6.07) is 7.30. The standard InChI is InChI=1S/C21H19N5O5/c1-10(27)17-16-7-14(18(20(29)30)26(16)19(17)28)11-2-3-15(12(6-11)8-22)25-21(31)24-13-4-5-23-9-13/h2-6,9-10,16-17,23,27H,7H2,1H3,(H,29,30)(H2,24,25,31)/t10-,16-,17-/m1/s1. The first kappa shape index (κ1) is 20.2.